The Morgan fingerprint density at radius 1 is 1.53 bits per heavy atom. The smallest absolute Gasteiger partial charge is 0.146 e. The van der Waals surface area contributed by atoms with Crippen molar-refractivity contribution in [2.75, 3.05) is 11.4 Å². The molecule has 0 saturated carbocycles. The Morgan fingerprint density at radius 3 is 3.13 bits per heavy atom. The van der Waals surface area contributed by atoms with E-state index >= 15 is 0 Å². The van der Waals surface area contributed by atoms with E-state index in [1.54, 1.807) is 6.33 Å². The topological polar surface area (TPSA) is 29.0 Å². The average Bonchev–Trinajstić information content (AvgIpc) is 2.30. The molecule has 4 heteroatoms. The lowest BCUT2D eigenvalue weighted by atomic mass is 10.0. The molecule has 0 spiro atoms. The van der Waals surface area contributed by atoms with Crippen molar-refractivity contribution >= 4 is 21.7 Å². The fraction of sp³-hybridized carbons (Fsp3) is 0.636. The number of nitrogens with zero attached hydrogens (tertiary/aromatic N) is 3. The van der Waals surface area contributed by atoms with E-state index in [-0.39, 0.29) is 0 Å². The molecule has 1 atom stereocenters. The minimum Gasteiger partial charge on any atom is -0.353 e. The van der Waals surface area contributed by atoms with Crippen molar-refractivity contribution in [3.05, 3.63) is 17.0 Å². The van der Waals surface area contributed by atoms with Crippen LogP contribution in [0.1, 0.15) is 32.6 Å². The van der Waals surface area contributed by atoms with Crippen LogP contribution in [0.5, 0.6) is 0 Å². The predicted molar refractivity (Wildman–Crippen MR) is 65.0 cm³/mol. The molecule has 0 bridgehead atoms. The Bertz CT molecular complexity index is 329. The van der Waals surface area contributed by atoms with Gasteiger partial charge in [0.2, 0.25) is 0 Å². The highest BCUT2D eigenvalue weighted by Gasteiger charge is 2.23. The monoisotopic (exact) mass is 269 g/mol. The number of aromatic nitrogens is 2. The molecular weight excluding hydrogens is 254 g/mol. The second-order valence-electron chi connectivity index (χ2n) is 3.95. The van der Waals surface area contributed by atoms with E-state index < -0.39 is 0 Å². The SMILES string of the molecule is CCC1CCCCN1c1ncncc1Br. The molecule has 82 valence electrons. The van der Waals surface area contributed by atoms with E-state index in [0.717, 1.165) is 16.8 Å². The zero-order valence-electron chi connectivity index (χ0n) is 8.99. The van der Waals surface area contributed by atoms with Crippen molar-refractivity contribution in [2.45, 2.75) is 38.6 Å². The molecule has 0 aromatic carbocycles. The number of halogens is 1. The summed E-state index contributed by atoms with van der Waals surface area (Å²) in [7, 11) is 0. The number of piperidine rings is 1. The standard InChI is InChI=1S/C11H16BrN3/c1-2-9-5-3-4-6-15(9)11-10(12)7-13-8-14-11/h7-9H,2-6H2,1H3. The van der Waals surface area contributed by atoms with Gasteiger partial charge in [-0.1, -0.05) is 6.92 Å². The summed E-state index contributed by atoms with van der Waals surface area (Å²) in [6.07, 6.45) is 8.54. The van der Waals surface area contributed by atoms with E-state index in [1.807, 2.05) is 6.20 Å². The van der Waals surface area contributed by atoms with E-state index in [2.05, 4.69) is 37.7 Å². The molecule has 1 aliphatic heterocycles. The number of hydrogen-bond donors (Lipinski definition) is 0. The van der Waals surface area contributed by atoms with Gasteiger partial charge in [0.1, 0.15) is 12.1 Å². The summed E-state index contributed by atoms with van der Waals surface area (Å²) in [5.41, 5.74) is 0. The van der Waals surface area contributed by atoms with Crippen LogP contribution in [0.25, 0.3) is 0 Å². The van der Waals surface area contributed by atoms with Gasteiger partial charge in [-0.05, 0) is 41.6 Å². The first-order valence-corrected chi connectivity index (χ1v) is 6.34. The zero-order valence-corrected chi connectivity index (χ0v) is 10.6. The Kier molecular flexibility index (Phi) is 3.57. The molecule has 2 rings (SSSR count). The van der Waals surface area contributed by atoms with Gasteiger partial charge in [0, 0.05) is 18.8 Å². The van der Waals surface area contributed by atoms with Crippen molar-refractivity contribution < 1.29 is 0 Å². The summed E-state index contributed by atoms with van der Waals surface area (Å²) < 4.78 is 1.00. The van der Waals surface area contributed by atoms with E-state index in [0.29, 0.717) is 6.04 Å². The van der Waals surface area contributed by atoms with E-state index in [4.69, 9.17) is 0 Å². The van der Waals surface area contributed by atoms with Crippen molar-refractivity contribution in [1.82, 2.24) is 9.97 Å². The van der Waals surface area contributed by atoms with Crippen LogP contribution in [-0.2, 0) is 0 Å². The fourth-order valence-corrected chi connectivity index (χ4v) is 2.67. The minimum atomic E-state index is 0.643. The van der Waals surface area contributed by atoms with Crippen molar-refractivity contribution in [3.63, 3.8) is 0 Å². The molecule has 3 nitrogen and oxygen atoms in total. The maximum atomic E-state index is 4.37. The van der Waals surface area contributed by atoms with Crippen molar-refractivity contribution in [2.24, 2.45) is 0 Å². The molecule has 1 aliphatic rings. The Labute approximate surface area is 99.0 Å². The van der Waals surface area contributed by atoms with Crippen LogP contribution in [0.15, 0.2) is 17.0 Å². The van der Waals surface area contributed by atoms with Crippen LogP contribution in [0.4, 0.5) is 5.82 Å². The molecule has 0 aliphatic carbocycles. The molecule has 2 heterocycles. The predicted octanol–water partition coefficient (Wildman–Crippen LogP) is 3.01. The maximum absolute atomic E-state index is 4.37. The normalized spacial score (nSPS) is 21.7. The van der Waals surface area contributed by atoms with Crippen LogP contribution < -0.4 is 4.90 Å². The highest BCUT2D eigenvalue weighted by molar-refractivity contribution is 9.10. The number of hydrogen-bond acceptors (Lipinski definition) is 3. The molecule has 1 saturated heterocycles. The summed E-state index contributed by atoms with van der Waals surface area (Å²) in [6, 6.07) is 0.643. The van der Waals surface area contributed by atoms with Gasteiger partial charge >= 0.3 is 0 Å². The first-order chi connectivity index (χ1) is 7.33. The van der Waals surface area contributed by atoms with Crippen LogP contribution in [0.2, 0.25) is 0 Å². The third-order valence-electron chi connectivity index (χ3n) is 3.02. The van der Waals surface area contributed by atoms with Crippen LogP contribution in [0.3, 0.4) is 0 Å². The summed E-state index contributed by atoms with van der Waals surface area (Å²) in [4.78, 5) is 10.8. The van der Waals surface area contributed by atoms with Gasteiger partial charge in [0.25, 0.3) is 0 Å². The molecule has 1 aromatic heterocycles. The first-order valence-electron chi connectivity index (χ1n) is 5.55. The summed E-state index contributed by atoms with van der Waals surface area (Å²) in [5, 5.41) is 0. The average molecular weight is 270 g/mol. The zero-order chi connectivity index (χ0) is 10.7. The summed E-state index contributed by atoms with van der Waals surface area (Å²) in [6.45, 7) is 3.37. The lowest BCUT2D eigenvalue weighted by molar-refractivity contribution is 0.446. The molecule has 15 heavy (non-hydrogen) atoms. The first kappa shape index (κ1) is 10.9. The highest BCUT2D eigenvalue weighted by atomic mass is 79.9. The quantitative estimate of drug-likeness (QED) is 0.827. The number of anilines is 1. The van der Waals surface area contributed by atoms with Crippen LogP contribution in [-0.4, -0.2) is 22.6 Å². The fourth-order valence-electron chi connectivity index (χ4n) is 2.22. The third-order valence-corrected chi connectivity index (χ3v) is 3.58. The van der Waals surface area contributed by atoms with Crippen LogP contribution in [0, 0.1) is 0 Å². The molecular formula is C11H16BrN3. The molecule has 1 aromatic rings. The second-order valence-corrected chi connectivity index (χ2v) is 4.80. The van der Waals surface area contributed by atoms with Gasteiger partial charge < -0.3 is 4.90 Å². The molecule has 1 fully saturated rings. The van der Waals surface area contributed by atoms with Gasteiger partial charge in [-0.2, -0.15) is 0 Å². The summed E-state index contributed by atoms with van der Waals surface area (Å²) >= 11 is 3.52. The Balaban J connectivity index is 2.24. The van der Waals surface area contributed by atoms with Crippen molar-refractivity contribution in [1.29, 1.82) is 0 Å². The maximum Gasteiger partial charge on any atom is 0.146 e. The molecule has 0 radical (unpaired) electrons. The lowest BCUT2D eigenvalue weighted by Crippen LogP contribution is -2.39. The largest absolute Gasteiger partial charge is 0.353 e. The molecule has 1 unspecified atom stereocenters. The second kappa shape index (κ2) is 4.92. The van der Waals surface area contributed by atoms with Crippen LogP contribution >= 0.6 is 15.9 Å². The molecule has 0 N–H and O–H groups in total. The third kappa shape index (κ3) is 2.30. The minimum absolute atomic E-state index is 0.643. The van der Waals surface area contributed by atoms with Gasteiger partial charge in [0.05, 0.1) is 4.47 Å². The van der Waals surface area contributed by atoms with E-state index in [1.165, 1.54) is 25.7 Å². The van der Waals surface area contributed by atoms with Gasteiger partial charge in [-0.15, -0.1) is 0 Å². The Morgan fingerprint density at radius 2 is 2.40 bits per heavy atom. The highest BCUT2D eigenvalue weighted by Crippen LogP contribution is 2.29. The Hall–Kier alpha value is -0.640. The van der Waals surface area contributed by atoms with E-state index in [9.17, 15) is 0 Å². The van der Waals surface area contributed by atoms with Gasteiger partial charge in [0.15, 0.2) is 0 Å². The van der Waals surface area contributed by atoms with Gasteiger partial charge in [-0.3, -0.25) is 0 Å². The lowest BCUT2D eigenvalue weighted by Gasteiger charge is -2.36. The van der Waals surface area contributed by atoms with Crippen molar-refractivity contribution in [3.8, 4) is 0 Å². The summed E-state index contributed by atoms with van der Waals surface area (Å²) in [5.74, 6) is 1.05. The van der Waals surface area contributed by atoms with Gasteiger partial charge in [-0.25, -0.2) is 9.97 Å². The number of rotatable bonds is 2. The molecule has 0 amide bonds.